The van der Waals surface area contributed by atoms with Crippen LogP contribution in [0.25, 0.3) is 0 Å². The van der Waals surface area contributed by atoms with Gasteiger partial charge in [0, 0.05) is 11.2 Å². The lowest BCUT2D eigenvalue weighted by molar-refractivity contribution is 0.625. The van der Waals surface area contributed by atoms with Crippen LogP contribution >= 0.6 is 11.6 Å². The highest BCUT2D eigenvalue weighted by Gasteiger charge is 2.11. The predicted octanol–water partition coefficient (Wildman–Crippen LogP) is 2.90. The minimum absolute atomic E-state index is 0.0459. The van der Waals surface area contributed by atoms with Gasteiger partial charge in [0.05, 0.1) is 0 Å². The fraction of sp³-hybridized carbons (Fsp3) is 0.600. The predicted molar refractivity (Wildman–Crippen MR) is 59.8 cm³/mol. The maximum absolute atomic E-state index is 5.87. The van der Waals surface area contributed by atoms with Gasteiger partial charge in [0.25, 0.3) is 0 Å². The topological polar surface area (TPSA) is 37.8 Å². The molecule has 1 aromatic rings. The standard InChI is InChI=1S/C10H16ClN3/c1-5-7-6-8(11)13-9(12-7)14-10(2,3)4/h6H,5H2,1-4H3,(H,12,13,14). The Hall–Kier alpha value is -0.830. The van der Waals surface area contributed by atoms with Crippen molar-refractivity contribution in [3.05, 3.63) is 16.9 Å². The molecule has 0 atom stereocenters. The Morgan fingerprint density at radius 3 is 2.50 bits per heavy atom. The summed E-state index contributed by atoms with van der Waals surface area (Å²) >= 11 is 5.87. The Morgan fingerprint density at radius 2 is 2.00 bits per heavy atom. The number of rotatable bonds is 2. The van der Waals surface area contributed by atoms with Crippen molar-refractivity contribution >= 4 is 17.5 Å². The first-order chi connectivity index (χ1) is 6.40. The molecule has 0 aliphatic heterocycles. The number of hydrogen-bond acceptors (Lipinski definition) is 3. The van der Waals surface area contributed by atoms with Crippen LogP contribution in [-0.4, -0.2) is 15.5 Å². The molecule has 0 radical (unpaired) electrons. The number of aryl methyl sites for hydroxylation is 1. The average Bonchev–Trinajstić information content (AvgIpc) is 1.99. The SMILES string of the molecule is CCc1cc(Cl)nc(NC(C)(C)C)n1. The maximum atomic E-state index is 5.87. The molecule has 0 saturated heterocycles. The second kappa shape index (κ2) is 4.13. The third-order valence-electron chi connectivity index (χ3n) is 1.60. The van der Waals surface area contributed by atoms with Gasteiger partial charge in [-0.15, -0.1) is 0 Å². The lowest BCUT2D eigenvalue weighted by atomic mass is 10.1. The van der Waals surface area contributed by atoms with Crippen molar-refractivity contribution in [3.8, 4) is 0 Å². The second-order valence-electron chi connectivity index (χ2n) is 4.23. The summed E-state index contributed by atoms with van der Waals surface area (Å²) in [5, 5.41) is 3.68. The van der Waals surface area contributed by atoms with Crippen molar-refractivity contribution in [2.24, 2.45) is 0 Å². The van der Waals surface area contributed by atoms with E-state index in [0.717, 1.165) is 12.1 Å². The molecule has 0 aliphatic rings. The normalized spacial score (nSPS) is 11.5. The van der Waals surface area contributed by atoms with Crippen LogP contribution in [0.3, 0.4) is 0 Å². The summed E-state index contributed by atoms with van der Waals surface area (Å²) in [5.41, 5.74) is 0.909. The van der Waals surface area contributed by atoms with Crippen molar-refractivity contribution in [1.29, 1.82) is 0 Å². The summed E-state index contributed by atoms with van der Waals surface area (Å²) in [6.45, 7) is 8.22. The van der Waals surface area contributed by atoms with Crippen molar-refractivity contribution in [1.82, 2.24) is 9.97 Å². The molecular weight excluding hydrogens is 198 g/mol. The van der Waals surface area contributed by atoms with E-state index in [1.807, 2.05) is 6.92 Å². The van der Waals surface area contributed by atoms with Crippen LogP contribution in [0.4, 0.5) is 5.95 Å². The van der Waals surface area contributed by atoms with Gasteiger partial charge in [-0.2, -0.15) is 0 Å². The fourth-order valence-corrected chi connectivity index (χ4v) is 1.24. The van der Waals surface area contributed by atoms with Crippen LogP contribution in [0, 0.1) is 0 Å². The van der Waals surface area contributed by atoms with Gasteiger partial charge in [0.15, 0.2) is 0 Å². The number of hydrogen-bond donors (Lipinski definition) is 1. The van der Waals surface area contributed by atoms with E-state index in [-0.39, 0.29) is 5.54 Å². The van der Waals surface area contributed by atoms with Crippen LogP contribution in [0.15, 0.2) is 6.07 Å². The zero-order valence-corrected chi connectivity index (χ0v) is 9.81. The van der Waals surface area contributed by atoms with E-state index in [2.05, 4.69) is 36.1 Å². The van der Waals surface area contributed by atoms with Crippen molar-refractivity contribution in [2.45, 2.75) is 39.7 Å². The van der Waals surface area contributed by atoms with E-state index < -0.39 is 0 Å². The van der Waals surface area contributed by atoms with Crippen LogP contribution in [-0.2, 0) is 6.42 Å². The van der Waals surface area contributed by atoms with Crippen molar-refractivity contribution in [3.63, 3.8) is 0 Å². The van der Waals surface area contributed by atoms with Gasteiger partial charge in [-0.1, -0.05) is 18.5 Å². The zero-order valence-electron chi connectivity index (χ0n) is 9.06. The van der Waals surface area contributed by atoms with Gasteiger partial charge in [0.2, 0.25) is 5.95 Å². The zero-order chi connectivity index (χ0) is 10.8. The Kier molecular flexibility index (Phi) is 3.32. The molecule has 0 fully saturated rings. The maximum Gasteiger partial charge on any atom is 0.224 e. The number of aromatic nitrogens is 2. The van der Waals surface area contributed by atoms with Gasteiger partial charge in [-0.3, -0.25) is 0 Å². The van der Waals surface area contributed by atoms with Gasteiger partial charge < -0.3 is 5.32 Å². The van der Waals surface area contributed by atoms with Gasteiger partial charge in [-0.05, 0) is 33.3 Å². The number of nitrogens with one attached hydrogen (secondary N) is 1. The summed E-state index contributed by atoms with van der Waals surface area (Å²) in [6, 6.07) is 1.79. The molecule has 1 aromatic heterocycles. The quantitative estimate of drug-likeness (QED) is 0.768. The first-order valence-corrected chi connectivity index (χ1v) is 5.10. The summed E-state index contributed by atoms with van der Waals surface area (Å²) in [4.78, 5) is 8.44. The minimum atomic E-state index is -0.0459. The van der Waals surface area contributed by atoms with Crippen LogP contribution in [0.5, 0.6) is 0 Å². The lowest BCUT2D eigenvalue weighted by Crippen LogP contribution is -2.27. The molecule has 0 unspecified atom stereocenters. The first-order valence-electron chi connectivity index (χ1n) is 4.72. The molecule has 78 valence electrons. The summed E-state index contributed by atoms with van der Waals surface area (Å²) in [5.74, 6) is 0.599. The summed E-state index contributed by atoms with van der Waals surface area (Å²) in [7, 11) is 0. The molecule has 0 spiro atoms. The molecule has 1 heterocycles. The van der Waals surface area contributed by atoms with Crippen molar-refractivity contribution in [2.75, 3.05) is 5.32 Å². The van der Waals surface area contributed by atoms with Crippen LogP contribution in [0.2, 0.25) is 5.15 Å². The highest BCUT2D eigenvalue weighted by molar-refractivity contribution is 6.29. The van der Waals surface area contributed by atoms with Gasteiger partial charge in [-0.25, -0.2) is 9.97 Å². The lowest BCUT2D eigenvalue weighted by Gasteiger charge is -2.20. The summed E-state index contributed by atoms with van der Waals surface area (Å²) < 4.78 is 0. The Morgan fingerprint density at radius 1 is 1.36 bits per heavy atom. The molecule has 4 heteroatoms. The second-order valence-corrected chi connectivity index (χ2v) is 4.62. The Labute approximate surface area is 89.9 Å². The largest absolute Gasteiger partial charge is 0.350 e. The molecule has 0 aromatic carbocycles. The van der Waals surface area contributed by atoms with E-state index >= 15 is 0 Å². The molecular formula is C10H16ClN3. The highest BCUT2D eigenvalue weighted by Crippen LogP contribution is 2.14. The first kappa shape index (κ1) is 11.2. The Balaban J connectivity index is 2.92. The van der Waals surface area contributed by atoms with Crippen molar-refractivity contribution < 1.29 is 0 Å². The van der Waals surface area contributed by atoms with Gasteiger partial charge >= 0.3 is 0 Å². The molecule has 14 heavy (non-hydrogen) atoms. The monoisotopic (exact) mass is 213 g/mol. The third kappa shape index (κ3) is 3.50. The molecule has 0 amide bonds. The van der Waals surface area contributed by atoms with E-state index in [0.29, 0.717) is 11.1 Å². The molecule has 1 rings (SSSR count). The number of anilines is 1. The van der Waals surface area contributed by atoms with Crippen LogP contribution in [0.1, 0.15) is 33.4 Å². The minimum Gasteiger partial charge on any atom is -0.350 e. The Bertz CT molecular complexity index is 318. The van der Waals surface area contributed by atoms with E-state index in [1.54, 1.807) is 6.07 Å². The molecule has 1 N–H and O–H groups in total. The fourth-order valence-electron chi connectivity index (χ4n) is 1.04. The smallest absolute Gasteiger partial charge is 0.224 e. The molecule has 0 aliphatic carbocycles. The average molecular weight is 214 g/mol. The van der Waals surface area contributed by atoms with E-state index in [9.17, 15) is 0 Å². The number of halogens is 1. The third-order valence-corrected chi connectivity index (χ3v) is 1.79. The van der Waals surface area contributed by atoms with Gasteiger partial charge in [0.1, 0.15) is 5.15 Å². The van der Waals surface area contributed by atoms with E-state index in [4.69, 9.17) is 11.6 Å². The molecule has 0 saturated carbocycles. The van der Waals surface area contributed by atoms with Crippen LogP contribution < -0.4 is 5.32 Å². The molecule has 0 bridgehead atoms. The molecule has 3 nitrogen and oxygen atoms in total. The van der Waals surface area contributed by atoms with E-state index in [1.165, 1.54) is 0 Å². The highest BCUT2D eigenvalue weighted by atomic mass is 35.5. The number of nitrogens with zero attached hydrogens (tertiary/aromatic N) is 2. The summed E-state index contributed by atoms with van der Waals surface area (Å²) in [6.07, 6.45) is 0.862.